The fourth-order valence-electron chi connectivity index (χ4n) is 3.33. The Kier molecular flexibility index (Phi) is 4.15. The summed E-state index contributed by atoms with van der Waals surface area (Å²) >= 11 is 0. The predicted octanol–water partition coefficient (Wildman–Crippen LogP) is 2.73. The highest BCUT2D eigenvalue weighted by atomic mass is 16.2. The van der Waals surface area contributed by atoms with Gasteiger partial charge in [-0.1, -0.05) is 30.3 Å². The smallest absolute Gasteiger partial charge is 0.253 e. The molecule has 1 N–H and O–H groups in total. The summed E-state index contributed by atoms with van der Waals surface area (Å²) in [4.78, 5) is 23.5. The van der Waals surface area contributed by atoms with Crippen molar-refractivity contribution < 1.29 is 4.79 Å². The van der Waals surface area contributed by atoms with Crippen molar-refractivity contribution in [1.82, 2.24) is 20.2 Å². The molecule has 1 aromatic heterocycles. The third kappa shape index (κ3) is 3.10. The van der Waals surface area contributed by atoms with Crippen LogP contribution in [-0.2, 0) is 0 Å². The van der Waals surface area contributed by atoms with Crippen LogP contribution in [0.5, 0.6) is 0 Å². The van der Waals surface area contributed by atoms with Gasteiger partial charge in [0.05, 0.1) is 11.2 Å². The number of rotatable bonds is 2. The summed E-state index contributed by atoms with van der Waals surface area (Å²) in [6.07, 6.45) is 1.57. The van der Waals surface area contributed by atoms with Gasteiger partial charge in [-0.15, -0.1) is 0 Å². The second kappa shape index (κ2) is 6.61. The zero-order chi connectivity index (χ0) is 17.2. The minimum atomic E-state index is 0.0774. The zero-order valence-electron chi connectivity index (χ0n) is 14.1. The fraction of sp³-hybridized carbons (Fsp3) is 0.250. The van der Waals surface area contributed by atoms with Crippen molar-refractivity contribution in [3.05, 3.63) is 60.4 Å². The van der Waals surface area contributed by atoms with E-state index in [0.717, 1.165) is 41.8 Å². The SMILES string of the molecule is C[C@@H]1CN(C(=O)c2cccc(-c3ncnc4ccccc34)c2)CCN1. The molecule has 1 atom stereocenters. The van der Waals surface area contributed by atoms with Gasteiger partial charge < -0.3 is 10.2 Å². The van der Waals surface area contributed by atoms with Gasteiger partial charge in [-0.2, -0.15) is 0 Å². The van der Waals surface area contributed by atoms with Crippen molar-refractivity contribution in [3.8, 4) is 11.3 Å². The van der Waals surface area contributed by atoms with Crippen LogP contribution in [0.2, 0.25) is 0 Å². The molecule has 0 bridgehead atoms. The lowest BCUT2D eigenvalue weighted by Gasteiger charge is -2.32. The van der Waals surface area contributed by atoms with Gasteiger partial charge in [0.2, 0.25) is 0 Å². The van der Waals surface area contributed by atoms with Crippen LogP contribution in [0.1, 0.15) is 17.3 Å². The fourth-order valence-corrected chi connectivity index (χ4v) is 3.33. The molecule has 0 spiro atoms. The summed E-state index contributed by atoms with van der Waals surface area (Å²) < 4.78 is 0. The monoisotopic (exact) mass is 332 g/mol. The molecule has 3 aromatic rings. The maximum atomic E-state index is 12.9. The van der Waals surface area contributed by atoms with E-state index in [1.165, 1.54) is 0 Å². The Bertz CT molecular complexity index is 919. The van der Waals surface area contributed by atoms with E-state index < -0.39 is 0 Å². The van der Waals surface area contributed by atoms with Crippen molar-refractivity contribution in [2.75, 3.05) is 19.6 Å². The van der Waals surface area contributed by atoms with Crippen LogP contribution in [-0.4, -0.2) is 46.5 Å². The van der Waals surface area contributed by atoms with E-state index in [4.69, 9.17) is 0 Å². The molecule has 4 rings (SSSR count). The molecular formula is C20H20N4O. The molecule has 2 aromatic carbocycles. The number of carbonyl (C=O) groups is 1. The molecule has 126 valence electrons. The molecule has 0 radical (unpaired) electrons. The summed E-state index contributed by atoms with van der Waals surface area (Å²) in [5, 5.41) is 4.36. The van der Waals surface area contributed by atoms with E-state index in [-0.39, 0.29) is 5.91 Å². The molecule has 5 nitrogen and oxygen atoms in total. The summed E-state index contributed by atoms with van der Waals surface area (Å²) in [5.74, 6) is 0.0774. The van der Waals surface area contributed by atoms with Gasteiger partial charge in [0, 0.05) is 42.2 Å². The second-order valence-electron chi connectivity index (χ2n) is 6.43. The van der Waals surface area contributed by atoms with E-state index in [1.54, 1.807) is 6.33 Å². The number of nitrogens with zero attached hydrogens (tertiary/aromatic N) is 3. The number of nitrogens with one attached hydrogen (secondary N) is 1. The molecule has 1 aliphatic rings. The number of amides is 1. The summed E-state index contributed by atoms with van der Waals surface area (Å²) in [6, 6.07) is 16.0. The molecule has 0 unspecified atom stereocenters. The Morgan fingerprint density at radius 1 is 1.16 bits per heavy atom. The van der Waals surface area contributed by atoms with Gasteiger partial charge in [0.1, 0.15) is 6.33 Å². The highest BCUT2D eigenvalue weighted by Gasteiger charge is 2.22. The number of para-hydroxylation sites is 1. The Labute approximate surface area is 146 Å². The van der Waals surface area contributed by atoms with Gasteiger partial charge in [0.15, 0.2) is 0 Å². The second-order valence-corrected chi connectivity index (χ2v) is 6.43. The third-order valence-corrected chi connectivity index (χ3v) is 4.58. The van der Waals surface area contributed by atoms with Crippen LogP contribution in [0.4, 0.5) is 0 Å². The van der Waals surface area contributed by atoms with Gasteiger partial charge in [0.25, 0.3) is 5.91 Å². The predicted molar refractivity (Wildman–Crippen MR) is 98.3 cm³/mol. The summed E-state index contributed by atoms with van der Waals surface area (Å²) in [7, 11) is 0. The topological polar surface area (TPSA) is 58.1 Å². The molecule has 1 aliphatic heterocycles. The van der Waals surface area contributed by atoms with E-state index in [1.807, 2.05) is 53.4 Å². The first-order valence-corrected chi connectivity index (χ1v) is 8.55. The molecule has 1 amide bonds. The maximum absolute atomic E-state index is 12.9. The Balaban J connectivity index is 1.71. The lowest BCUT2D eigenvalue weighted by molar-refractivity contribution is 0.0709. The minimum Gasteiger partial charge on any atom is -0.336 e. The normalized spacial score (nSPS) is 17.6. The molecule has 1 saturated heterocycles. The highest BCUT2D eigenvalue weighted by Crippen LogP contribution is 2.26. The Morgan fingerprint density at radius 3 is 2.92 bits per heavy atom. The maximum Gasteiger partial charge on any atom is 0.253 e. The van der Waals surface area contributed by atoms with Crippen molar-refractivity contribution >= 4 is 16.8 Å². The molecule has 2 heterocycles. The number of hydrogen-bond donors (Lipinski definition) is 1. The van der Waals surface area contributed by atoms with E-state index in [9.17, 15) is 4.79 Å². The van der Waals surface area contributed by atoms with E-state index in [0.29, 0.717) is 11.6 Å². The molecule has 0 saturated carbocycles. The number of piperazine rings is 1. The molecule has 0 aliphatic carbocycles. The number of aromatic nitrogens is 2. The first kappa shape index (κ1) is 15.7. The van der Waals surface area contributed by atoms with Gasteiger partial charge in [-0.25, -0.2) is 9.97 Å². The van der Waals surface area contributed by atoms with Crippen LogP contribution in [0, 0.1) is 0 Å². The van der Waals surface area contributed by atoms with Crippen LogP contribution < -0.4 is 5.32 Å². The Morgan fingerprint density at radius 2 is 2.04 bits per heavy atom. The van der Waals surface area contributed by atoms with Crippen LogP contribution in [0.15, 0.2) is 54.9 Å². The first-order valence-electron chi connectivity index (χ1n) is 8.55. The lowest BCUT2D eigenvalue weighted by Crippen LogP contribution is -2.51. The lowest BCUT2D eigenvalue weighted by atomic mass is 10.0. The van der Waals surface area contributed by atoms with Gasteiger partial charge in [-0.3, -0.25) is 4.79 Å². The molecule has 25 heavy (non-hydrogen) atoms. The standard InChI is InChI=1S/C20H20N4O/c1-14-12-24(10-9-21-14)20(25)16-6-4-5-15(11-16)19-17-7-2-3-8-18(17)22-13-23-19/h2-8,11,13-14,21H,9-10,12H2,1H3/t14-/m1/s1. The minimum absolute atomic E-state index is 0.0774. The Hall–Kier alpha value is -2.79. The third-order valence-electron chi connectivity index (χ3n) is 4.58. The summed E-state index contributed by atoms with van der Waals surface area (Å²) in [6.45, 7) is 4.41. The van der Waals surface area contributed by atoms with E-state index >= 15 is 0 Å². The number of benzene rings is 2. The van der Waals surface area contributed by atoms with Gasteiger partial charge in [-0.05, 0) is 25.1 Å². The van der Waals surface area contributed by atoms with Crippen LogP contribution in [0.25, 0.3) is 22.2 Å². The number of carbonyl (C=O) groups excluding carboxylic acids is 1. The largest absolute Gasteiger partial charge is 0.336 e. The van der Waals surface area contributed by atoms with Crippen molar-refractivity contribution in [2.24, 2.45) is 0 Å². The zero-order valence-corrected chi connectivity index (χ0v) is 14.1. The quantitative estimate of drug-likeness (QED) is 0.784. The van der Waals surface area contributed by atoms with Crippen molar-refractivity contribution in [1.29, 1.82) is 0 Å². The first-order chi connectivity index (χ1) is 12.2. The highest BCUT2D eigenvalue weighted by molar-refractivity contribution is 5.97. The number of hydrogen-bond acceptors (Lipinski definition) is 4. The molecule has 1 fully saturated rings. The summed E-state index contributed by atoms with van der Waals surface area (Å²) in [5.41, 5.74) is 3.40. The number of fused-ring (bicyclic) bond motifs is 1. The van der Waals surface area contributed by atoms with Crippen molar-refractivity contribution in [3.63, 3.8) is 0 Å². The van der Waals surface area contributed by atoms with Crippen LogP contribution in [0.3, 0.4) is 0 Å². The van der Waals surface area contributed by atoms with Crippen LogP contribution >= 0.6 is 0 Å². The average molecular weight is 332 g/mol. The molecular weight excluding hydrogens is 312 g/mol. The molecule has 5 heteroatoms. The van der Waals surface area contributed by atoms with Crippen molar-refractivity contribution in [2.45, 2.75) is 13.0 Å². The van der Waals surface area contributed by atoms with E-state index in [2.05, 4.69) is 22.2 Å². The average Bonchev–Trinajstić information content (AvgIpc) is 2.67. The van der Waals surface area contributed by atoms with Gasteiger partial charge >= 0.3 is 0 Å².